The molecule has 0 saturated heterocycles. The first-order valence-electron chi connectivity index (χ1n) is 10.9. The van der Waals surface area contributed by atoms with Crippen LogP contribution in [0.1, 0.15) is 33.9 Å². The Balaban J connectivity index is 1.52. The summed E-state index contributed by atoms with van der Waals surface area (Å²) in [5.41, 5.74) is 12.7. The van der Waals surface area contributed by atoms with Crippen LogP contribution in [0.4, 0.5) is 0 Å². The summed E-state index contributed by atoms with van der Waals surface area (Å²) in [5, 5.41) is 18.2. The summed E-state index contributed by atoms with van der Waals surface area (Å²) in [5.74, 6) is 1.02. The molecule has 0 aliphatic carbocycles. The van der Waals surface area contributed by atoms with Gasteiger partial charge in [-0.15, -0.1) is 5.10 Å². The SMILES string of the molecule is Cc1ccc(OCCn2cc([C@H]3C(C#N)=C(N)Oc4n[nH]c(C)c43)c3ccccc32)cc1C. The number of allylic oxidation sites excluding steroid dienone is 1. The number of para-hydroxylation sites is 1. The summed E-state index contributed by atoms with van der Waals surface area (Å²) in [6.45, 7) is 7.28. The molecule has 0 radical (unpaired) electrons. The number of nitrogens with one attached hydrogen (secondary N) is 1. The average molecular weight is 440 g/mol. The molecule has 33 heavy (non-hydrogen) atoms. The molecule has 5 rings (SSSR count). The van der Waals surface area contributed by atoms with Gasteiger partial charge in [0.25, 0.3) is 0 Å². The Bertz CT molecular complexity index is 1440. The predicted molar refractivity (Wildman–Crippen MR) is 126 cm³/mol. The molecule has 7 heteroatoms. The van der Waals surface area contributed by atoms with Crippen LogP contribution in [0.3, 0.4) is 0 Å². The summed E-state index contributed by atoms with van der Waals surface area (Å²) in [6, 6.07) is 16.6. The average Bonchev–Trinajstić information content (AvgIpc) is 3.36. The molecule has 166 valence electrons. The molecule has 4 aromatic rings. The van der Waals surface area contributed by atoms with Crippen LogP contribution in [-0.4, -0.2) is 21.4 Å². The van der Waals surface area contributed by atoms with Crippen molar-refractivity contribution in [3.63, 3.8) is 0 Å². The van der Waals surface area contributed by atoms with E-state index < -0.39 is 0 Å². The summed E-state index contributed by atoms with van der Waals surface area (Å²) >= 11 is 0. The summed E-state index contributed by atoms with van der Waals surface area (Å²) in [7, 11) is 0. The molecule has 1 aliphatic rings. The van der Waals surface area contributed by atoms with Crippen LogP contribution in [0.15, 0.2) is 60.1 Å². The Labute approximate surface area is 192 Å². The minimum absolute atomic E-state index is 0.0939. The standard InChI is InChI=1S/C26H25N5O2/c1-15-8-9-18(12-16(15)2)32-11-10-31-14-21(19-6-4-5-7-22(19)31)24-20(13-27)25(28)33-26-23(24)17(3)29-30-26/h4-9,12,14,24H,10-11,28H2,1-3H3,(H,29,30)/t24-/m1/s1. The molecule has 0 saturated carbocycles. The normalized spacial score (nSPS) is 15.3. The monoisotopic (exact) mass is 439 g/mol. The fourth-order valence-corrected chi connectivity index (χ4v) is 4.47. The fourth-order valence-electron chi connectivity index (χ4n) is 4.47. The number of aromatic nitrogens is 3. The van der Waals surface area contributed by atoms with Crippen molar-refractivity contribution in [2.75, 3.05) is 6.61 Å². The number of nitrogens with two attached hydrogens (primary N) is 1. The molecule has 0 fully saturated rings. The van der Waals surface area contributed by atoms with Gasteiger partial charge < -0.3 is 19.8 Å². The van der Waals surface area contributed by atoms with Gasteiger partial charge in [-0.3, -0.25) is 5.10 Å². The van der Waals surface area contributed by atoms with E-state index in [0.29, 0.717) is 24.6 Å². The number of ether oxygens (including phenoxy) is 2. The van der Waals surface area contributed by atoms with E-state index in [0.717, 1.165) is 33.5 Å². The second-order valence-electron chi connectivity index (χ2n) is 8.38. The van der Waals surface area contributed by atoms with Crippen LogP contribution in [0, 0.1) is 32.1 Å². The van der Waals surface area contributed by atoms with E-state index in [2.05, 4.69) is 65.1 Å². The van der Waals surface area contributed by atoms with E-state index in [1.54, 1.807) is 0 Å². The van der Waals surface area contributed by atoms with Crippen molar-refractivity contribution in [2.24, 2.45) is 5.73 Å². The summed E-state index contributed by atoms with van der Waals surface area (Å²) in [6.07, 6.45) is 2.09. The zero-order valence-corrected chi connectivity index (χ0v) is 18.8. The van der Waals surface area contributed by atoms with E-state index in [4.69, 9.17) is 15.2 Å². The highest BCUT2D eigenvalue weighted by molar-refractivity contribution is 5.86. The first-order chi connectivity index (χ1) is 16.0. The number of nitrogens with zero attached hydrogens (tertiary/aromatic N) is 3. The largest absolute Gasteiger partial charge is 0.492 e. The van der Waals surface area contributed by atoms with Crippen molar-refractivity contribution in [1.29, 1.82) is 5.26 Å². The lowest BCUT2D eigenvalue weighted by Crippen LogP contribution is -2.21. The Hall–Kier alpha value is -4.18. The van der Waals surface area contributed by atoms with Gasteiger partial charge in [0.05, 0.1) is 12.5 Å². The van der Waals surface area contributed by atoms with Gasteiger partial charge in [0, 0.05) is 28.4 Å². The Morgan fingerprint density at radius 1 is 1.18 bits per heavy atom. The van der Waals surface area contributed by atoms with Gasteiger partial charge in [-0.1, -0.05) is 24.3 Å². The van der Waals surface area contributed by atoms with Crippen molar-refractivity contribution in [3.8, 4) is 17.7 Å². The molecule has 1 atom stereocenters. The van der Waals surface area contributed by atoms with Gasteiger partial charge in [0.1, 0.15) is 24.0 Å². The third-order valence-corrected chi connectivity index (χ3v) is 6.34. The molecular formula is C26H25N5O2. The Morgan fingerprint density at radius 3 is 2.79 bits per heavy atom. The maximum atomic E-state index is 9.91. The zero-order valence-electron chi connectivity index (χ0n) is 18.8. The van der Waals surface area contributed by atoms with Crippen LogP contribution >= 0.6 is 0 Å². The predicted octanol–water partition coefficient (Wildman–Crippen LogP) is 4.59. The summed E-state index contributed by atoms with van der Waals surface area (Å²) in [4.78, 5) is 0. The number of hydrogen-bond donors (Lipinski definition) is 2. The molecule has 0 amide bonds. The van der Waals surface area contributed by atoms with Gasteiger partial charge in [0.2, 0.25) is 11.8 Å². The summed E-state index contributed by atoms with van der Waals surface area (Å²) < 4.78 is 13.8. The molecule has 7 nitrogen and oxygen atoms in total. The zero-order chi connectivity index (χ0) is 23.1. The third-order valence-electron chi connectivity index (χ3n) is 6.34. The molecule has 0 spiro atoms. The number of nitriles is 1. The van der Waals surface area contributed by atoms with Gasteiger partial charge in [-0.25, -0.2) is 0 Å². The first-order valence-corrected chi connectivity index (χ1v) is 10.9. The van der Waals surface area contributed by atoms with Gasteiger partial charge in [0.15, 0.2) is 0 Å². The Morgan fingerprint density at radius 2 is 2.00 bits per heavy atom. The van der Waals surface area contributed by atoms with Crippen LogP contribution in [0.25, 0.3) is 10.9 Å². The molecule has 3 heterocycles. The highest BCUT2D eigenvalue weighted by Crippen LogP contribution is 2.45. The molecule has 3 N–H and O–H groups in total. The van der Waals surface area contributed by atoms with E-state index in [-0.39, 0.29) is 11.8 Å². The van der Waals surface area contributed by atoms with E-state index in [9.17, 15) is 5.26 Å². The first kappa shape index (κ1) is 20.7. The molecular weight excluding hydrogens is 414 g/mol. The Kier molecular flexibility index (Phi) is 5.06. The van der Waals surface area contributed by atoms with Crippen molar-refractivity contribution in [1.82, 2.24) is 14.8 Å². The number of aryl methyl sites for hydroxylation is 3. The number of aromatic amines is 1. The van der Waals surface area contributed by atoms with E-state index in [1.165, 1.54) is 11.1 Å². The van der Waals surface area contributed by atoms with Crippen LogP contribution in [0.2, 0.25) is 0 Å². The van der Waals surface area contributed by atoms with Crippen molar-refractivity contribution in [2.45, 2.75) is 33.2 Å². The van der Waals surface area contributed by atoms with Crippen molar-refractivity contribution >= 4 is 10.9 Å². The smallest absolute Gasteiger partial charge is 0.244 e. The van der Waals surface area contributed by atoms with E-state index >= 15 is 0 Å². The minimum Gasteiger partial charge on any atom is -0.492 e. The highest BCUT2D eigenvalue weighted by atomic mass is 16.5. The number of benzene rings is 2. The number of fused-ring (bicyclic) bond motifs is 2. The molecule has 2 aromatic heterocycles. The second kappa shape index (κ2) is 8.06. The lowest BCUT2D eigenvalue weighted by Gasteiger charge is -2.23. The third kappa shape index (κ3) is 3.50. The van der Waals surface area contributed by atoms with Crippen LogP contribution in [0.5, 0.6) is 11.6 Å². The maximum Gasteiger partial charge on any atom is 0.244 e. The topological polar surface area (TPSA) is 102 Å². The second-order valence-corrected chi connectivity index (χ2v) is 8.38. The van der Waals surface area contributed by atoms with Crippen LogP contribution in [-0.2, 0) is 6.54 Å². The van der Waals surface area contributed by atoms with Crippen LogP contribution < -0.4 is 15.2 Å². The van der Waals surface area contributed by atoms with Crippen molar-refractivity contribution < 1.29 is 9.47 Å². The quantitative estimate of drug-likeness (QED) is 0.474. The highest BCUT2D eigenvalue weighted by Gasteiger charge is 2.35. The van der Waals surface area contributed by atoms with E-state index in [1.807, 2.05) is 25.1 Å². The van der Waals surface area contributed by atoms with Gasteiger partial charge in [-0.2, -0.15) is 5.26 Å². The van der Waals surface area contributed by atoms with Crippen molar-refractivity contribution in [3.05, 3.63) is 88.1 Å². The molecule has 2 aromatic carbocycles. The maximum absolute atomic E-state index is 9.91. The molecule has 0 bridgehead atoms. The number of rotatable bonds is 5. The van der Waals surface area contributed by atoms with Gasteiger partial charge >= 0.3 is 0 Å². The lowest BCUT2D eigenvalue weighted by molar-refractivity contribution is 0.300. The van der Waals surface area contributed by atoms with Gasteiger partial charge in [-0.05, 0) is 55.7 Å². The lowest BCUT2D eigenvalue weighted by atomic mass is 9.84. The molecule has 1 aliphatic heterocycles. The number of H-pyrrole nitrogens is 1. The number of hydrogen-bond acceptors (Lipinski definition) is 5. The molecule has 0 unspecified atom stereocenters. The fraction of sp³-hybridized carbons (Fsp3) is 0.231. The minimum atomic E-state index is -0.357.